The van der Waals surface area contributed by atoms with E-state index in [2.05, 4.69) is 20.6 Å². The summed E-state index contributed by atoms with van der Waals surface area (Å²) in [5.74, 6) is 0. The maximum Gasteiger partial charge on any atom is 0.0905 e. The average molecular weight is 201 g/mol. The highest BCUT2D eigenvalue weighted by molar-refractivity contribution is 5.56. The number of nitrogens with zero attached hydrogens (tertiary/aromatic N) is 4. The molecule has 5 nitrogen and oxygen atoms in total. The average Bonchev–Trinajstić information content (AvgIpc) is 2.65. The van der Waals surface area contributed by atoms with Gasteiger partial charge in [-0.05, 0) is 12.1 Å². The van der Waals surface area contributed by atoms with E-state index in [1.165, 1.54) is 0 Å². The fourth-order valence-electron chi connectivity index (χ4n) is 1.68. The van der Waals surface area contributed by atoms with Gasteiger partial charge < -0.3 is 5.32 Å². The van der Waals surface area contributed by atoms with E-state index in [1.54, 1.807) is 12.4 Å². The fourth-order valence-corrected chi connectivity index (χ4v) is 1.68. The van der Waals surface area contributed by atoms with Gasteiger partial charge in [0.1, 0.15) is 0 Å². The standard InChI is InChI=1S/C10H11N5/c1-2-8(4-11-3-1)10-7-13-14-15(10)9-5-12-6-9/h1-4,7,9,12H,5-6H2. The van der Waals surface area contributed by atoms with Gasteiger partial charge in [0.2, 0.25) is 0 Å². The predicted molar refractivity (Wildman–Crippen MR) is 55.2 cm³/mol. The first kappa shape index (κ1) is 8.55. The predicted octanol–water partition coefficient (Wildman–Crippen LogP) is 0.484. The van der Waals surface area contributed by atoms with Crippen molar-refractivity contribution in [2.45, 2.75) is 6.04 Å². The van der Waals surface area contributed by atoms with E-state index in [-0.39, 0.29) is 0 Å². The molecule has 1 N–H and O–H groups in total. The van der Waals surface area contributed by atoms with Crippen molar-refractivity contribution in [3.05, 3.63) is 30.7 Å². The van der Waals surface area contributed by atoms with E-state index in [0.717, 1.165) is 24.3 Å². The van der Waals surface area contributed by atoms with Gasteiger partial charge in [-0.2, -0.15) is 0 Å². The highest BCUT2D eigenvalue weighted by Gasteiger charge is 2.22. The first-order valence-electron chi connectivity index (χ1n) is 4.96. The van der Waals surface area contributed by atoms with Gasteiger partial charge in [0, 0.05) is 31.0 Å². The van der Waals surface area contributed by atoms with Crippen molar-refractivity contribution in [1.82, 2.24) is 25.3 Å². The van der Waals surface area contributed by atoms with Crippen LogP contribution in [0, 0.1) is 0 Å². The second-order valence-corrected chi connectivity index (χ2v) is 3.62. The van der Waals surface area contributed by atoms with Crippen LogP contribution in [0.25, 0.3) is 11.3 Å². The first-order valence-corrected chi connectivity index (χ1v) is 4.96. The molecule has 76 valence electrons. The second-order valence-electron chi connectivity index (χ2n) is 3.62. The van der Waals surface area contributed by atoms with Crippen LogP contribution in [0.2, 0.25) is 0 Å². The molecule has 0 radical (unpaired) electrons. The van der Waals surface area contributed by atoms with E-state index in [0.29, 0.717) is 6.04 Å². The molecule has 1 aliphatic heterocycles. The van der Waals surface area contributed by atoms with Gasteiger partial charge in [-0.15, -0.1) is 5.10 Å². The van der Waals surface area contributed by atoms with Crippen molar-refractivity contribution in [2.75, 3.05) is 13.1 Å². The van der Waals surface area contributed by atoms with Crippen molar-refractivity contribution >= 4 is 0 Å². The maximum absolute atomic E-state index is 4.11. The Bertz CT molecular complexity index is 446. The number of pyridine rings is 1. The lowest BCUT2D eigenvalue weighted by Crippen LogP contribution is -2.44. The topological polar surface area (TPSA) is 55.6 Å². The fraction of sp³-hybridized carbons (Fsp3) is 0.300. The summed E-state index contributed by atoms with van der Waals surface area (Å²) in [6, 6.07) is 4.38. The van der Waals surface area contributed by atoms with Gasteiger partial charge >= 0.3 is 0 Å². The van der Waals surface area contributed by atoms with Crippen molar-refractivity contribution < 1.29 is 0 Å². The summed E-state index contributed by atoms with van der Waals surface area (Å²) in [6.45, 7) is 1.94. The molecule has 2 aromatic rings. The molecule has 0 amide bonds. The van der Waals surface area contributed by atoms with Gasteiger partial charge in [-0.25, -0.2) is 4.68 Å². The monoisotopic (exact) mass is 201 g/mol. The number of aromatic nitrogens is 4. The van der Waals surface area contributed by atoms with E-state index in [1.807, 2.05) is 23.0 Å². The van der Waals surface area contributed by atoms with E-state index in [9.17, 15) is 0 Å². The smallest absolute Gasteiger partial charge is 0.0905 e. The van der Waals surface area contributed by atoms with Crippen LogP contribution >= 0.6 is 0 Å². The summed E-state index contributed by atoms with van der Waals surface area (Å²) in [5, 5.41) is 11.3. The van der Waals surface area contributed by atoms with Gasteiger partial charge in [-0.1, -0.05) is 5.21 Å². The Hall–Kier alpha value is -1.75. The summed E-state index contributed by atoms with van der Waals surface area (Å²) >= 11 is 0. The third-order valence-corrected chi connectivity index (χ3v) is 2.64. The zero-order chi connectivity index (χ0) is 10.1. The van der Waals surface area contributed by atoms with Crippen molar-refractivity contribution in [3.8, 4) is 11.3 Å². The molecule has 1 saturated heterocycles. The van der Waals surface area contributed by atoms with Crippen LogP contribution < -0.4 is 5.32 Å². The molecule has 0 saturated carbocycles. The molecule has 0 aromatic carbocycles. The van der Waals surface area contributed by atoms with Crippen LogP contribution in [0.3, 0.4) is 0 Å². The summed E-state index contributed by atoms with van der Waals surface area (Å²) in [7, 11) is 0. The Morgan fingerprint density at radius 2 is 2.27 bits per heavy atom. The Morgan fingerprint density at radius 3 is 2.93 bits per heavy atom. The van der Waals surface area contributed by atoms with Crippen LogP contribution in [-0.4, -0.2) is 33.1 Å². The van der Waals surface area contributed by atoms with Gasteiger partial charge in [-0.3, -0.25) is 4.98 Å². The molecule has 15 heavy (non-hydrogen) atoms. The van der Waals surface area contributed by atoms with Gasteiger partial charge in [0.15, 0.2) is 0 Å². The Labute approximate surface area is 87.1 Å². The molecule has 0 unspecified atom stereocenters. The Balaban J connectivity index is 2.01. The lowest BCUT2D eigenvalue weighted by atomic mass is 10.1. The molecule has 1 fully saturated rings. The van der Waals surface area contributed by atoms with Crippen molar-refractivity contribution in [3.63, 3.8) is 0 Å². The summed E-state index contributed by atoms with van der Waals surface area (Å²) in [4.78, 5) is 4.10. The lowest BCUT2D eigenvalue weighted by Gasteiger charge is -2.28. The molecular formula is C10H11N5. The van der Waals surface area contributed by atoms with Crippen molar-refractivity contribution in [2.24, 2.45) is 0 Å². The zero-order valence-corrected chi connectivity index (χ0v) is 8.17. The van der Waals surface area contributed by atoms with Crippen molar-refractivity contribution in [1.29, 1.82) is 0 Å². The second kappa shape index (κ2) is 3.43. The largest absolute Gasteiger partial charge is 0.312 e. The summed E-state index contributed by atoms with van der Waals surface area (Å²) in [5.41, 5.74) is 2.10. The highest BCUT2D eigenvalue weighted by Crippen LogP contribution is 2.21. The van der Waals surface area contributed by atoms with E-state index in [4.69, 9.17) is 0 Å². The number of hydrogen-bond acceptors (Lipinski definition) is 4. The minimum absolute atomic E-state index is 0.433. The maximum atomic E-state index is 4.11. The minimum atomic E-state index is 0.433. The molecule has 0 atom stereocenters. The summed E-state index contributed by atoms with van der Waals surface area (Å²) in [6.07, 6.45) is 5.39. The number of hydrogen-bond donors (Lipinski definition) is 1. The third-order valence-electron chi connectivity index (χ3n) is 2.64. The lowest BCUT2D eigenvalue weighted by molar-refractivity contribution is 0.315. The highest BCUT2D eigenvalue weighted by atomic mass is 15.5. The van der Waals surface area contributed by atoms with Gasteiger partial charge in [0.05, 0.1) is 17.9 Å². The molecule has 3 heterocycles. The van der Waals surface area contributed by atoms with Crippen LogP contribution in [0.15, 0.2) is 30.7 Å². The molecular weight excluding hydrogens is 190 g/mol. The molecule has 3 rings (SSSR count). The van der Waals surface area contributed by atoms with E-state index >= 15 is 0 Å². The molecule has 0 spiro atoms. The molecule has 2 aromatic heterocycles. The van der Waals surface area contributed by atoms with Crippen LogP contribution in [0.4, 0.5) is 0 Å². The summed E-state index contributed by atoms with van der Waals surface area (Å²) < 4.78 is 1.97. The minimum Gasteiger partial charge on any atom is -0.312 e. The van der Waals surface area contributed by atoms with Gasteiger partial charge in [0.25, 0.3) is 0 Å². The Kier molecular flexibility index (Phi) is 1.96. The number of rotatable bonds is 2. The zero-order valence-electron chi connectivity index (χ0n) is 8.17. The third kappa shape index (κ3) is 1.41. The van der Waals surface area contributed by atoms with Crippen LogP contribution in [-0.2, 0) is 0 Å². The Morgan fingerprint density at radius 1 is 1.33 bits per heavy atom. The molecule has 0 aliphatic carbocycles. The first-order chi connectivity index (χ1) is 7.45. The SMILES string of the molecule is c1cncc(-c2cnnn2C2CNC2)c1. The molecule has 0 bridgehead atoms. The van der Waals surface area contributed by atoms with Crippen LogP contribution in [0.5, 0.6) is 0 Å². The van der Waals surface area contributed by atoms with E-state index < -0.39 is 0 Å². The molecule has 5 heteroatoms. The normalized spacial score (nSPS) is 16.3. The quantitative estimate of drug-likeness (QED) is 0.768. The van der Waals surface area contributed by atoms with Crippen LogP contribution in [0.1, 0.15) is 6.04 Å². The molecule has 1 aliphatic rings. The number of nitrogens with one attached hydrogen (secondary N) is 1.